The van der Waals surface area contributed by atoms with Crippen LogP contribution in [0.3, 0.4) is 0 Å². The summed E-state index contributed by atoms with van der Waals surface area (Å²) in [4.78, 5) is 39.8. The lowest BCUT2D eigenvalue weighted by Gasteiger charge is -2.31. The lowest BCUT2D eigenvalue weighted by Crippen LogP contribution is -2.39. The van der Waals surface area contributed by atoms with Crippen molar-refractivity contribution in [3.05, 3.63) is 62.2 Å². The second kappa shape index (κ2) is 9.13. The minimum Gasteiger partial charge on any atom is -0.483 e. The standard InChI is InChI=1S/C25H30N4O4/c1-16-9-8-10-22(17(16)2)33-15-23(30)26-18-13-20-21(28(4)25(32)24(31)27(20)3)14-19(18)29-11-6-5-7-12-29/h8-10,13-14H,5-7,11-12,15H2,1-4H3,(H,26,30). The van der Waals surface area contributed by atoms with Crippen LogP contribution in [0.25, 0.3) is 11.0 Å². The molecule has 174 valence electrons. The van der Waals surface area contributed by atoms with Gasteiger partial charge in [-0.3, -0.25) is 14.4 Å². The smallest absolute Gasteiger partial charge is 0.316 e. The first-order valence-electron chi connectivity index (χ1n) is 11.3. The summed E-state index contributed by atoms with van der Waals surface area (Å²) in [7, 11) is 3.17. The molecule has 1 amide bonds. The first-order chi connectivity index (χ1) is 15.8. The van der Waals surface area contributed by atoms with E-state index in [1.54, 1.807) is 20.2 Å². The van der Waals surface area contributed by atoms with Gasteiger partial charge in [-0.1, -0.05) is 12.1 Å². The molecule has 0 saturated carbocycles. The van der Waals surface area contributed by atoms with E-state index in [9.17, 15) is 14.4 Å². The third-order valence-electron chi connectivity index (χ3n) is 6.49. The molecule has 2 aromatic carbocycles. The molecule has 0 aliphatic carbocycles. The number of rotatable bonds is 5. The first kappa shape index (κ1) is 22.6. The monoisotopic (exact) mass is 450 g/mol. The highest BCUT2D eigenvalue weighted by Gasteiger charge is 2.20. The number of piperidine rings is 1. The largest absolute Gasteiger partial charge is 0.483 e. The van der Waals surface area contributed by atoms with Crippen molar-refractivity contribution in [2.24, 2.45) is 14.1 Å². The molecule has 0 spiro atoms. The Labute approximate surface area is 192 Å². The van der Waals surface area contributed by atoms with Crippen molar-refractivity contribution in [3.8, 4) is 5.75 Å². The Balaban J connectivity index is 1.70. The summed E-state index contributed by atoms with van der Waals surface area (Å²) in [5.74, 6) is 0.389. The highest BCUT2D eigenvalue weighted by atomic mass is 16.5. The predicted molar refractivity (Wildman–Crippen MR) is 131 cm³/mol. The number of anilines is 2. The molecular weight excluding hydrogens is 420 g/mol. The van der Waals surface area contributed by atoms with Crippen LogP contribution in [0.2, 0.25) is 0 Å². The van der Waals surface area contributed by atoms with Crippen LogP contribution in [0, 0.1) is 13.8 Å². The van der Waals surface area contributed by atoms with Gasteiger partial charge in [-0.25, -0.2) is 0 Å². The van der Waals surface area contributed by atoms with Crippen LogP contribution in [0.5, 0.6) is 5.75 Å². The molecule has 0 bridgehead atoms. The highest BCUT2D eigenvalue weighted by molar-refractivity contribution is 5.99. The van der Waals surface area contributed by atoms with E-state index in [4.69, 9.17) is 4.74 Å². The van der Waals surface area contributed by atoms with Crippen LogP contribution in [0.4, 0.5) is 11.4 Å². The zero-order valence-electron chi connectivity index (χ0n) is 19.6. The number of aromatic nitrogens is 2. The maximum atomic E-state index is 12.8. The van der Waals surface area contributed by atoms with Gasteiger partial charge in [0.05, 0.1) is 22.4 Å². The summed E-state index contributed by atoms with van der Waals surface area (Å²) in [6.45, 7) is 5.57. The number of ether oxygens (including phenoxy) is 1. The van der Waals surface area contributed by atoms with Crippen LogP contribution in [0.1, 0.15) is 30.4 Å². The second-order valence-corrected chi connectivity index (χ2v) is 8.67. The Morgan fingerprint density at radius 2 is 1.61 bits per heavy atom. The van der Waals surface area contributed by atoms with E-state index in [2.05, 4.69) is 10.2 Å². The molecular formula is C25H30N4O4. The van der Waals surface area contributed by atoms with E-state index in [0.29, 0.717) is 22.5 Å². The number of aryl methyl sites for hydroxylation is 3. The summed E-state index contributed by atoms with van der Waals surface area (Å²) in [5.41, 5.74) is 3.59. The molecule has 0 atom stereocenters. The molecule has 0 unspecified atom stereocenters. The van der Waals surface area contributed by atoms with Gasteiger partial charge in [-0.15, -0.1) is 0 Å². The molecule has 1 aliphatic rings. The normalized spacial score (nSPS) is 13.9. The molecule has 1 saturated heterocycles. The number of fused-ring (bicyclic) bond motifs is 1. The summed E-state index contributed by atoms with van der Waals surface area (Å²) in [5, 5.41) is 2.98. The van der Waals surface area contributed by atoms with E-state index in [1.165, 1.54) is 15.6 Å². The molecule has 4 rings (SSSR count). The van der Waals surface area contributed by atoms with Crippen LogP contribution in [-0.4, -0.2) is 34.7 Å². The zero-order valence-corrected chi connectivity index (χ0v) is 19.6. The average Bonchev–Trinajstić information content (AvgIpc) is 2.82. The number of hydrogen-bond donors (Lipinski definition) is 1. The number of benzene rings is 2. The number of hydrogen-bond acceptors (Lipinski definition) is 5. The van der Waals surface area contributed by atoms with Gasteiger partial charge in [0.2, 0.25) is 0 Å². The van der Waals surface area contributed by atoms with E-state index >= 15 is 0 Å². The quantitative estimate of drug-likeness (QED) is 0.604. The van der Waals surface area contributed by atoms with Crippen molar-refractivity contribution in [2.45, 2.75) is 33.1 Å². The van der Waals surface area contributed by atoms with Crippen molar-refractivity contribution in [1.82, 2.24) is 9.13 Å². The van der Waals surface area contributed by atoms with E-state index in [0.717, 1.165) is 42.7 Å². The minimum atomic E-state index is -0.605. The Bertz CT molecular complexity index is 1330. The van der Waals surface area contributed by atoms with Crippen molar-refractivity contribution in [1.29, 1.82) is 0 Å². The molecule has 8 nitrogen and oxygen atoms in total. The van der Waals surface area contributed by atoms with Gasteiger partial charge in [-0.2, -0.15) is 0 Å². The van der Waals surface area contributed by atoms with Crippen molar-refractivity contribution < 1.29 is 9.53 Å². The highest BCUT2D eigenvalue weighted by Crippen LogP contribution is 2.32. The van der Waals surface area contributed by atoms with E-state index in [1.807, 2.05) is 38.1 Å². The van der Waals surface area contributed by atoms with Gasteiger partial charge in [0, 0.05) is 27.2 Å². The maximum Gasteiger partial charge on any atom is 0.316 e. The Hall–Kier alpha value is -3.55. The fourth-order valence-corrected chi connectivity index (χ4v) is 4.32. The molecule has 0 radical (unpaired) electrons. The molecule has 33 heavy (non-hydrogen) atoms. The van der Waals surface area contributed by atoms with Gasteiger partial charge in [0.1, 0.15) is 5.75 Å². The zero-order chi connectivity index (χ0) is 23.7. The topological polar surface area (TPSA) is 85.6 Å². The van der Waals surface area contributed by atoms with Crippen molar-refractivity contribution in [2.75, 3.05) is 29.9 Å². The molecule has 3 aromatic rings. The van der Waals surface area contributed by atoms with Crippen LogP contribution in [-0.2, 0) is 18.9 Å². The van der Waals surface area contributed by atoms with Crippen LogP contribution in [0.15, 0.2) is 39.9 Å². The Morgan fingerprint density at radius 3 is 2.27 bits per heavy atom. The molecule has 1 N–H and O–H groups in total. The average molecular weight is 451 g/mol. The Morgan fingerprint density at radius 1 is 0.970 bits per heavy atom. The van der Waals surface area contributed by atoms with Gasteiger partial charge in [0.15, 0.2) is 6.61 Å². The lowest BCUT2D eigenvalue weighted by atomic mass is 10.1. The van der Waals surface area contributed by atoms with Gasteiger partial charge < -0.3 is 24.1 Å². The van der Waals surface area contributed by atoms with Gasteiger partial charge >= 0.3 is 11.1 Å². The number of nitrogens with zero attached hydrogens (tertiary/aromatic N) is 3. The summed E-state index contributed by atoms with van der Waals surface area (Å²) >= 11 is 0. The summed E-state index contributed by atoms with van der Waals surface area (Å²) < 4.78 is 8.48. The van der Waals surface area contributed by atoms with Crippen molar-refractivity contribution in [3.63, 3.8) is 0 Å². The lowest BCUT2D eigenvalue weighted by molar-refractivity contribution is -0.118. The maximum absolute atomic E-state index is 12.8. The van der Waals surface area contributed by atoms with E-state index in [-0.39, 0.29) is 12.5 Å². The molecule has 1 fully saturated rings. The Kier molecular flexibility index (Phi) is 6.26. The number of carbonyl (C=O) groups is 1. The third kappa shape index (κ3) is 4.37. The van der Waals surface area contributed by atoms with Crippen molar-refractivity contribution >= 4 is 28.3 Å². The minimum absolute atomic E-state index is 0.131. The molecule has 1 aromatic heterocycles. The van der Waals surface area contributed by atoms with Gasteiger partial charge in [-0.05, 0) is 62.4 Å². The number of nitrogens with one attached hydrogen (secondary N) is 1. The molecule has 8 heteroatoms. The first-order valence-corrected chi connectivity index (χ1v) is 11.3. The number of carbonyl (C=O) groups excluding carboxylic acids is 1. The summed E-state index contributed by atoms with van der Waals surface area (Å²) in [6.07, 6.45) is 3.29. The molecule has 2 heterocycles. The predicted octanol–water partition coefficient (Wildman–Crippen LogP) is 2.86. The van der Waals surface area contributed by atoms with E-state index < -0.39 is 11.1 Å². The molecule has 1 aliphatic heterocycles. The number of amides is 1. The fraction of sp³-hybridized carbons (Fsp3) is 0.400. The van der Waals surface area contributed by atoms with Gasteiger partial charge in [0.25, 0.3) is 5.91 Å². The SMILES string of the molecule is Cc1cccc(OCC(=O)Nc2cc3c(cc2N2CCCCC2)n(C)c(=O)c(=O)n3C)c1C. The fourth-order valence-electron chi connectivity index (χ4n) is 4.32. The summed E-state index contributed by atoms with van der Waals surface area (Å²) in [6, 6.07) is 9.41. The van der Waals surface area contributed by atoms with Crippen LogP contribution >= 0.6 is 0 Å². The second-order valence-electron chi connectivity index (χ2n) is 8.67. The third-order valence-corrected chi connectivity index (χ3v) is 6.49. The van der Waals surface area contributed by atoms with Crippen LogP contribution < -0.4 is 26.1 Å².